The highest BCUT2D eigenvalue weighted by molar-refractivity contribution is 6.09. The summed E-state index contributed by atoms with van der Waals surface area (Å²) in [6, 6.07) is 71.8. The van der Waals surface area contributed by atoms with E-state index in [1.807, 2.05) is 42.5 Å². The van der Waals surface area contributed by atoms with Crippen LogP contribution in [0.4, 0.5) is 0 Å². The van der Waals surface area contributed by atoms with Gasteiger partial charge in [0.1, 0.15) is 11.2 Å². The quantitative estimate of drug-likeness (QED) is 0.163. The second-order valence-corrected chi connectivity index (χ2v) is 14.7. The monoisotopic (exact) mass is 753 g/mol. The third-order valence-electron chi connectivity index (χ3n) is 11.0. The van der Waals surface area contributed by atoms with Crippen LogP contribution in [0.15, 0.2) is 212 Å². The largest absolute Gasteiger partial charge is 0.298 e. The van der Waals surface area contributed by atoms with Gasteiger partial charge in [0.15, 0.2) is 5.82 Å². The SMILES string of the molecule is c1ccc(-c2cccc(-c3cc(-c4cccc(-c5ccccc5)c4)nc(-c4cccc(-c5ccc(-c6nc7ccccc7c7nc8ccccn8c67)cc5)c4)n3)c2)cc1. The van der Waals surface area contributed by atoms with Gasteiger partial charge in [-0.2, -0.15) is 0 Å². The molecule has 5 heteroatoms. The zero-order valence-electron chi connectivity index (χ0n) is 31.9. The van der Waals surface area contributed by atoms with Crippen molar-refractivity contribution in [2.24, 2.45) is 0 Å². The van der Waals surface area contributed by atoms with Gasteiger partial charge in [-0.05, 0) is 75.8 Å². The number of aromatic nitrogens is 5. The molecule has 0 aliphatic rings. The minimum atomic E-state index is 0.668. The number of nitrogens with zero attached hydrogens (tertiary/aromatic N) is 5. The van der Waals surface area contributed by atoms with E-state index in [1.54, 1.807) is 0 Å². The first kappa shape index (κ1) is 34.2. The van der Waals surface area contributed by atoms with Crippen LogP contribution in [0.2, 0.25) is 0 Å². The molecule has 0 saturated carbocycles. The molecule has 59 heavy (non-hydrogen) atoms. The average molecular weight is 754 g/mol. The maximum Gasteiger partial charge on any atom is 0.160 e. The summed E-state index contributed by atoms with van der Waals surface area (Å²) in [4.78, 5) is 20.7. The van der Waals surface area contributed by atoms with Crippen LogP contribution in [-0.2, 0) is 0 Å². The molecule has 0 atom stereocenters. The lowest BCUT2D eigenvalue weighted by Gasteiger charge is -2.12. The van der Waals surface area contributed by atoms with Crippen molar-refractivity contribution in [3.63, 3.8) is 0 Å². The fraction of sp³-hybridized carbons (Fsp3) is 0. The van der Waals surface area contributed by atoms with Gasteiger partial charge in [-0.1, -0.05) is 164 Å². The van der Waals surface area contributed by atoms with Gasteiger partial charge >= 0.3 is 0 Å². The maximum absolute atomic E-state index is 5.25. The topological polar surface area (TPSA) is 56.0 Å². The van der Waals surface area contributed by atoms with Gasteiger partial charge in [0.25, 0.3) is 0 Å². The highest BCUT2D eigenvalue weighted by Crippen LogP contribution is 2.36. The zero-order chi connectivity index (χ0) is 39.1. The summed E-state index contributed by atoms with van der Waals surface area (Å²) >= 11 is 0. The number of para-hydroxylation sites is 1. The van der Waals surface area contributed by atoms with Crippen molar-refractivity contribution >= 4 is 27.6 Å². The summed E-state index contributed by atoms with van der Waals surface area (Å²) < 4.78 is 2.14. The minimum absolute atomic E-state index is 0.668. The van der Waals surface area contributed by atoms with Crippen molar-refractivity contribution in [2.45, 2.75) is 0 Å². The van der Waals surface area contributed by atoms with Crippen molar-refractivity contribution in [3.8, 4) is 78.5 Å². The van der Waals surface area contributed by atoms with E-state index in [9.17, 15) is 0 Å². The summed E-state index contributed by atoms with van der Waals surface area (Å²) in [6.07, 6.45) is 2.06. The Morgan fingerprint density at radius 2 is 0.814 bits per heavy atom. The molecule has 0 aliphatic heterocycles. The summed E-state index contributed by atoms with van der Waals surface area (Å²) in [5, 5.41) is 1.05. The van der Waals surface area contributed by atoms with E-state index in [1.165, 1.54) is 0 Å². The van der Waals surface area contributed by atoms with Gasteiger partial charge in [0.2, 0.25) is 0 Å². The Hall–Kier alpha value is -8.02. The van der Waals surface area contributed by atoms with E-state index in [0.717, 1.165) is 100 Å². The van der Waals surface area contributed by atoms with Crippen molar-refractivity contribution in [3.05, 3.63) is 212 Å². The molecule has 0 radical (unpaired) electrons. The molecule has 11 aromatic rings. The second kappa shape index (κ2) is 14.5. The molecule has 0 spiro atoms. The van der Waals surface area contributed by atoms with Crippen LogP contribution >= 0.6 is 0 Å². The molecule has 0 N–H and O–H groups in total. The number of benzene rings is 7. The van der Waals surface area contributed by atoms with E-state index in [2.05, 4.69) is 174 Å². The molecule has 5 nitrogen and oxygen atoms in total. The molecule has 4 heterocycles. The van der Waals surface area contributed by atoms with Gasteiger partial charge in [0, 0.05) is 33.8 Å². The van der Waals surface area contributed by atoms with Crippen LogP contribution in [0.25, 0.3) is 106 Å². The Balaban J connectivity index is 1.00. The van der Waals surface area contributed by atoms with E-state index in [-0.39, 0.29) is 0 Å². The van der Waals surface area contributed by atoms with Gasteiger partial charge in [-0.15, -0.1) is 0 Å². The molecule has 0 amide bonds. The van der Waals surface area contributed by atoms with Crippen LogP contribution in [-0.4, -0.2) is 24.3 Å². The highest BCUT2D eigenvalue weighted by Gasteiger charge is 2.17. The number of hydrogen-bond acceptors (Lipinski definition) is 4. The molecule has 4 aromatic heterocycles. The first-order chi connectivity index (χ1) is 29.2. The van der Waals surface area contributed by atoms with Crippen molar-refractivity contribution in [1.29, 1.82) is 0 Å². The Bertz CT molecular complexity index is 3220. The predicted molar refractivity (Wildman–Crippen MR) is 242 cm³/mol. The van der Waals surface area contributed by atoms with Crippen molar-refractivity contribution in [1.82, 2.24) is 24.3 Å². The zero-order valence-corrected chi connectivity index (χ0v) is 31.9. The van der Waals surface area contributed by atoms with Crippen LogP contribution in [0.3, 0.4) is 0 Å². The normalized spacial score (nSPS) is 11.4. The van der Waals surface area contributed by atoms with Gasteiger partial charge in [-0.3, -0.25) is 4.40 Å². The summed E-state index contributed by atoms with van der Waals surface area (Å²) in [7, 11) is 0. The predicted octanol–water partition coefficient (Wildman–Crippen LogP) is 13.5. The molecule has 0 aliphatic carbocycles. The Morgan fingerprint density at radius 3 is 1.46 bits per heavy atom. The number of hydrogen-bond donors (Lipinski definition) is 0. The number of rotatable bonds is 7. The summed E-state index contributed by atoms with van der Waals surface area (Å²) in [5.41, 5.74) is 17.2. The van der Waals surface area contributed by atoms with Gasteiger partial charge in [0.05, 0.1) is 28.1 Å². The Morgan fingerprint density at radius 1 is 0.322 bits per heavy atom. The lowest BCUT2D eigenvalue weighted by Crippen LogP contribution is -1.96. The molecule has 11 rings (SSSR count). The fourth-order valence-electron chi connectivity index (χ4n) is 8.06. The van der Waals surface area contributed by atoms with Crippen molar-refractivity contribution < 1.29 is 0 Å². The summed E-state index contributed by atoms with van der Waals surface area (Å²) in [6.45, 7) is 0. The Kier molecular flexibility index (Phi) is 8.41. The fourth-order valence-corrected chi connectivity index (χ4v) is 8.06. The van der Waals surface area contributed by atoms with Crippen molar-refractivity contribution in [2.75, 3.05) is 0 Å². The first-order valence-corrected chi connectivity index (χ1v) is 19.8. The van der Waals surface area contributed by atoms with E-state index < -0.39 is 0 Å². The molecule has 7 aromatic carbocycles. The molecule has 0 saturated heterocycles. The van der Waals surface area contributed by atoms with E-state index in [4.69, 9.17) is 19.9 Å². The third-order valence-corrected chi connectivity index (χ3v) is 11.0. The molecule has 0 unspecified atom stereocenters. The van der Waals surface area contributed by atoms with E-state index in [0.29, 0.717) is 5.82 Å². The van der Waals surface area contributed by atoms with Gasteiger partial charge < -0.3 is 0 Å². The molecular formula is C54H35N5. The first-order valence-electron chi connectivity index (χ1n) is 19.8. The third kappa shape index (κ3) is 6.41. The van der Waals surface area contributed by atoms with Gasteiger partial charge in [-0.25, -0.2) is 19.9 Å². The maximum atomic E-state index is 5.25. The molecular weight excluding hydrogens is 719 g/mol. The second-order valence-electron chi connectivity index (χ2n) is 14.7. The van der Waals surface area contributed by atoms with Crippen LogP contribution in [0.5, 0.6) is 0 Å². The van der Waals surface area contributed by atoms with Crippen LogP contribution in [0, 0.1) is 0 Å². The summed E-state index contributed by atoms with van der Waals surface area (Å²) in [5.74, 6) is 0.668. The lowest BCUT2D eigenvalue weighted by molar-refractivity contribution is 1.18. The molecule has 0 fully saturated rings. The molecule has 276 valence electrons. The standard InChI is InChI=1S/C54H35N5/c1-3-14-36(15-4-1)40-18-11-21-43(32-40)48-35-49(44-22-12-19-41(33-44)37-16-5-2-6-17-37)57-54(56-48)45-23-13-20-42(34-45)38-27-29-39(30-28-38)51-53-52(46-24-7-8-25-47(46)55-51)58-50-26-9-10-31-59(50)53/h1-35H. The average Bonchev–Trinajstić information content (AvgIpc) is 3.72. The lowest BCUT2D eigenvalue weighted by atomic mass is 9.98. The van der Waals surface area contributed by atoms with Crippen LogP contribution in [0.1, 0.15) is 0 Å². The smallest absolute Gasteiger partial charge is 0.160 e. The van der Waals surface area contributed by atoms with Crippen LogP contribution < -0.4 is 0 Å². The number of pyridine rings is 2. The van der Waals surface area contributed by atoms with E-state index >= 15 is 0 Å². The highest BCUT2D eigenvalue weighted by atomic mass is 15.0. The Labute approximate surface area is 341 Å². The number of imidazole rings is 1. The minimum Gasteiger partial charge on any atom is -0.298 e. The molecule has 0 bridgehead atoms. The number of fused-ring (bicyclic) bond motifs is 5.